The van der Waals surface area contributed by atoms with Crippen LogP contribution in [0.3, 0.4) is 0 Å². The second-order valence-electron chi connectivity index (χ2n) is 6.12. The number of hydrogen-bond acceptors (Lipinski definition) is 3. The smallest absolute Gasteiger partial charge is 0.238 e. The number of carbonyl (C=O) groups excluding carboxylic acids is 1. The van der Waals surface area contributed by atoms with E-state index in [9.17, 15) is 13.2 Å². The van der Waals surface area contributed by atoms with E-state index in [1.54, 1.807) is 13.8 Å². The van der Waals surface area contributed by atoms with Gasteiger partial charge in [0, 0.05) is 0 Å². The lowest BCUT2D eigenvalue weighted by Crippen LogP contribution is -2.41. The van der Waals surface area contributed by atoms with Gasteiger partial charge in [-0.3, -0.25) is 4.79 Å². The van der Waals surface area contributed by atoms with Crippen LogP contribution in [0.25, 0.3) is 10.8 Å². The minimum atomic E-state index is -3.45. The van der Waals surface area contributed by atoms with Gasteiger partial charge >= 0.3 is 0 Å². The molecule has 0 radical (unpaired) electrons. The highest BCUT2D eigenvalue weighted by molar-refractivity contribution is 7.93. The minimum Gasteiger partial charge on any atom is -0.348 e. The number of hydrogen-bond donors (Lipinski definition) is 1. The molecular weight excluding hydrogens is 310 g/mol. The second kappa shape index (κ2) is 6.71. The van der Waals surface area contributed by atoms with E-state index in [0.717, 1.165) is 16.3 Å². The van der Waals surface area contributed by atoms with Crippen LogP contribution in [0.5, 0.6) is 0 Å². The van der Waals surface area contributed by atoms with Crippen LogP contribution in [0, 0.1) is 0 Å². The minimum absolute atomic E-state index is 0.253. The van der Waals surface area contributed by atoms with E-state index in [-0.39, 0.29) is 6.04 Å². The molecule has 0 unspecified atom stereocenters. The third-order valence-electron chi connectivity index (χ3n) is 4.15. The number of nitrogens with one attached hydrogen (secondary N) is 1. The molecule has 23 heavy (non-hydrogen) atoms. The van der Waals surface area contributed by atoms with Gasteiger partial charge in [0.1, 0.15) is 5.25 Å². The van der Waals surface area contributed by atoms with Crippen molar-refractivity contribution < 1.29 is 13.2 Å². The van der Waals surface area contributed by atoms with Gasteiger partial charge in [-0.25, -0.2) is 8.42 Å². The Labute approximate surface area is 137 Å². The van der Waals surface area contributed by atoms with Crippen LogP contribution in [0.15, 0.2) is 42.5 Å². The van der Waals surface area contributed by atoms with Crippen molar-refractivity contribution in [1.29, 1.82) is 0 Å². The lowest BCUT2D eigenvalue weighted by atomic mass is 10.0. The van der Waals surface area contributed by atoms with Crippen LogP contribution in [0.1, 0.15) is 39.3 Å². The zero-order valence-corrected chi connectivity index (χ0v) is 14.7. The number of carbonyl (C=O) groups is 1. The molecule has 124 valence electrons. The molecule has 4 nitrogen and oxygen atoms in total. The first-order valence-electron chi connectivity index (χ1n) is 7.75. The van der Waals surface area contributed by atoms with E-state index in [4.69, 9.17) is 0 Å². The number of rotatable bonds is 5. The van der Waals surface area contributed by atoms with Crippen molar-refractivity contribution in [2.24, 2.45) is 0 Å². The van der Waals surface area contributed by atoms with Crippen molar-refractivity contribution in [3.8, 4) is 0 Å². The molecule has 0 heterocycles. The summed E-state index contributed by atoms with van der Waals surface area (Å²) in [4.78, 5) is 12.3. The maximum Gasteiger partial charge on any atom is 0.238 e. The fourth-order valence-corrected chi connectivity index (χ4v) is 3.63. The van der Waals surface area contributed by atoms with E-state index < -0.39 is 26.2 Å². The number of sulfone groups is 1. The van der Waals surface area contributed by atoms with Crippen molar-refractivity contribution in [3.05, 3.63) is 48.0 Å². The van der Waals surface area contributed by atoms with Crippen LogP contribution >= 0.6 is 0 Å². The molecule has 2 atom stereocenters. The molecule has 0 saturated carbocycles. The Bertz CT molecular complexity index is 812. The number of benzene rings is 2. The number of amides is 1. The van der Waals surface area contributed by atoms with Crippen LogP contribution in [-0.2, 0) is 14.6 Å². The van der Waals surface area contributed by atoms with Gasteiger partial charge in [-0.15, -0.1) is 0 Å². The molecule has 0 bridgehead atoms. The maximum absolute atomic E-state index is 12.3. The predicted molar refractivity (Wildman–Crippen MR) is 94.0 cm³/mol. The molecule has 2 rings (SSSR count). The van der Waals surface area contributed by atoms with Crippen LogP contribution in [0.4, 0.5) is 0 Å². The average Bonchev–Trinajstić information content (AvgIpc) is 2.53. The molecule has 0 spiro atoms. The summed E-state index contributed by atoms with van der Waals surface area (Å²) in [6, 6.07) is 13.7. The monoisotopic (exact) mass is 333 g/mol. The highest BCUT2D eigenvalue weighted by atomic mass is 32.2. The van der Waals surface area contributed by atoms with E-state index >= 15 is 0 Å². The molecule has 1 amide bonds. The van der Waals surface area contributed by atoms with Gasteiger partial charge in [0.25, 0.3) is 0 Å². The highest BCUT2D eigenvalue weighted by Crippen LogP contribution is 2.21. The molecule has 0 aliphatic heterocycles. The first kappa shape index (κ1) is 17.5. The molecule has 0 aliphatic rings. The summed E-state index contributed by atoms with van der Waals surface area (Å²) in [6.07, 6.45) is 0. The SMILES string of the molecule is CC(C)S(=O)(=O)[C@H](C)C(=O)N[C@@H](C)c1ccc2ccccc2c1. The molecule has 1 N–H and O–H groups in total. The van der Waals surface area contributed by atoms with Gasteiger partial charge in [0.2, 0.25) is 5.91 Å². The lowest BCUT2D eigenvalue weighted by molar-refractivity contribution is -0.121. The maximum atomic E-state index is 12.3. The Kier molecular flexibility index (Phi) is 5.09. The largest absolute Gasteiger partial charge is 0.348 e. The summed E-state index contributed by atoms with van der Waals surface area (Å²) in [5.74, 6) is -0.459. The van der Waals surface area contributed by atoms with Gasteiger partial charge in [-0.2, -0.15) is 0 Å². The summed E-state index contributed by atoms with van der Waals surface area (Å²) >= 11 is 0. The van der Waals surface area contributed by atoms with Crippen molar-refractivity contribution in [2.75, 3.05) is 0 Å². The normalized spacial score (nSPS) is 14.7. The highest BCUT2D eigenvalue weighted by Gasteiger charge is 2.31. The van der Waals surface area contributed by atoms with Gasteiger partial charge < -0.3 is 5.32 Å². The van der Waals surface area contributed by atoms with Gasteiger partial charge in [-0.1, -0.05) is 36.4 Å². The Morgan fingerprint density at radius 3 is 2.17 bits per heavy atom. The molecule has 2 aromatic rings. The Morgan fingerprint density at radius 2 is 1.57 bits per heavy atom. The Morgan fingerprint density at radius 1 is 0.957 bits per heavy atom. The second-order valence-corrected chi connectivity index (χ2v) is 8.94. The van der Waals surface area contributed by atoms with E-state index in [1.807, 2.05) is 49.4 Å². The van der Waals surface area contributed by atoms with E-state index in [1.165, 1.54) is 6.92 Å². The molecule has 2 aromatic carbocycles. The van der Waals surface area contributed by atoms with E-state index in [2.05, 4.69) is 5.32 Å². The first-order valence-corrected chi connectivity index (χ1v) is 9.36. The number of fused-ring (bicyclic) bond motifs is 1. The molecule has 0 saturated heterocycles. The standard InChI is InChI=1S/C18H23NO3S/c1-12(2)23(21,22)14(4)18(20)19-13(3)16-10-9-15-7-5-6-8-17(15)11-16/h5-14H,1-4H3,(H,19,20)/t13-,14+/m0/s1. The zero-order chi connectivity index (χ0) is 17.2. The van der Waals surface area contributed by atoms with Crippen molar-refractivity contribution in [3.63, 3.8) is 0 Å². The summed E-state index contributed by atoms with van der Waals surface area (Å²) in [5.41, 5.74) is 0.950. The van der Waals surface area contributed by atoms with Crippen LogP contribution in [0.2, 0.25) is 0 Å². The molecule has 0 aromatic heterocycles. The lowest BCUT2D eigenvalue weighted by Gasteiger charge is -2.20. The van der Waals surface area contributed by atoms with Gasteiger partial charge in [0.15, 0.2) is 9.84 Å². The van der Waals surface area contributed by atoms with Crippen molar-refractivity contribution in [2.45, 2.75) is 44.2 Å². The first-order chi connectivity index (χ1) is 10.7. The summed E-state index contributed by atoms with van der Waals surface area (Å²) in [5, 5.41) is 3.40. The average molecular weight is 333 g/mol. The van der Waals surface area contributed by atoms with Crippen LogP contribution < -0.4 is 5.32 Å². The molecule has 0 aliphatic carbocycles. The van der Waals surface area contributed by atoms with Gasteiger partial charge in [-0.05, 0) is 50.1 Å². The van der Waals surface area contributed by atoms with Crippen molar-refractivity contribution >= 4 is 26.5 Å². The molecular formula is C18H23NO3S. The Hall–Kier alpha value is -1.88. The topological polar surface area (TPSA) is 63.2 Å². The summed E-state index contributed by atoms with van der Waals surface area (Å²) < 4.78 is 24.2. The zero-order valence-electron chi connectivity index (χ0n) is 13.9. The summed E-state index contributed by atoms with van der Waals surface area (Å²) in [7, 11) is -3.45. The Balaban J connectivity index is 2.17. The fraction of sp³-hybridized carbons (Fsp3) is 0.389. The fourth-order valence-electron chi connectivity index (χ4n) is 2.45. The molecule has 5 heteroatoms. The van der Waals surface area contributed by atoms with Crippen molar-refractivity contribution in [1.82, 2.24) is 5.32 Å². The van der Waals surface area contributed by atoms with Gasteiger partial charge in [0.05, 0.1) is 11.3 Å². The summed E-state index contributed by atoms with van der Waals surface area (Å²) in [6.45, 7) is 6.48. The quantitative estimate of drug-likeness (QED) is 0.914. The van der Waals surface area contributed by atoms with Crippen LogP contribution in [-0.4, -0.2) is 24.8 Å². The van der Waals surface area contributed by atoms with E-state index in [0.29, 0.717) is 0 Å². The third-order valence-corrected chi connectivity index (χ3v) is 6.67. The predicted octanol–water partition coefficient (Wildman–Crippen LogP) is 3.23. The third kappa shape index (κ3) is 3.72. The molecule has 0 fully saturated rings.